The average molecular weight is 347 g/mol. The van der Waals surface area contributed by atoms with Gasteiger partial charge in [-0.15, -0.1) is 0 Å². The van der Waals surface area contributed by atoms with Gasteiger partial charge in [-0.05, 0) is 30.4 Å². The van der Waals surface area contributed by atoms with Crippen LogP contribution in [0.3, 0.4) is 0 Å². The van der Waals surface area contributed by atoms with Gasteiger partial charge in [-0.1, -0.05) is 42.5 Å². The zero-order chi connectivity index (χ0) is 17.4. The predicted molar refractivity (Wildman–Crippen MR) is 97.4 cm³/mol. The number of H-pyrrole nitrogens is 1. The zero-order valence-electron chi connectivity index (χ0n) is 13.0. The Morgan fingerprint density at radius 1 is 1.08 bits per heavy atom. The van der Waals surface area contributed by atoms with Gasteiger partial charge in [-0.3, -0.25) is 4.79 Å². The highest BCUT2D eigenvalue weighted by atomic mass is 32.1. The van der Waals surface area contributed by atoms with E-state index in [0.29, 0.717) is 15.9 Å². The van der Waals surface area contributed by atoms with E-state index < -0.39 is 0 Å². The number of hydrogen-bond acceptors (Lipinski definition) is 4. The van der Waals surface area contributed by atoms with Crippen molar-refractivity contribution in [3.63, 3.8) is 0 Å². The molecule has 0 saturated heterocycles. The van der Waals surface area contributed by atoms with E-state index in [1.807, 2.05) is 30.3 Å². The molecule has 6 heteroatoms. The number of nitrogens with zero attached hydrogens (tertiary/aromatic N) is 2. The Balaban J connectivity index is 1.89. The van der Waals surface area contributed by atoms with E-state index in [9.17, 15) is 9.90 Å². The first-order chi connectivity index (χ1) is 12.1. The molecule has 25 heavy (non-hydrogen) atoms. The fourth-order valence-electron chi connectivity index (χ4n) is 2.76. The van der Waals surface area contributed by atoms with Crippen LogP contribution in [0.15, 0.2) is 66.9 Å². The molecule has 0 saturated carbocycles. The number of para-hydroxylation sites is 1. The number of rotatable bonds is 3. The Morgan fingerprint density at radius 2 is 1.80 bits per heavy atom. The number of benzene rings is 2. The summed E-state index contributed by atoms with van der Waals surface area (Å²) >= 11 is 5.32. The van der Waals surface area contributed by atoms with E-state index >= 15 is 0 Å². The molecular formula is C19H13N3O2S. The molecule has 2 aromatic heterocycles. The van der Waals surface area contributed by atoms with Crippen molar-refractivity contribution in [1.29, 1.82) is 0 Å². The molecule has 2 aromatic carbocycles. The van der Waals surface area contributed by atoms with Crippen molar-refractivity contribution < 1.29 is 9.90 Å². The lowest BCUT2D eigenvalue weighted by Gasteiger charge is -2.05. The minimum Gasteiger partial charge on any atom is -0.507 e. The molecule has 2 N–H and O–H groups in total. The van der Waals surface area contributed by atoms with Gasteiger partial charge in [0.15, 0.2) is 10.6 Å². The van der Waals surface area contributed by atoms with E-state index in [2.05, 4.69) is 10.1 Å². The van der Waals surface area contributed by atoms with E-state index in [0.717, 1.165) is 11.3 Å². The number of aromatic amines is 1. The number of imidazole rings is 1. The predicted octanol–water partition coefficient (Wildman–Crippen LogP) is 4.00. The second-order valence-corrected chi connectivity index (χ2v) is 5.95. The molecule has 122 valence electrons. The molecule has 0 atom stereocenters. The lowest BCUT2D eigenvalue weighted by molar-refractivity contribution is 0.103. The number of hydrogen-bond donors (Lipinski definition) is 2. The van der Waals surface area contributed by atoms with Gasteiger partial charge in [0, 0.05) is 11.1 Å². The molecule has 0 radical (unpaired) electrons. The van der Waals surface area contributed by atoms with Gasteiger partial charge in [-0.25, -0.2) is 4.52 Å². The maximum atomic E-state index is 12.7. The molecule has 5 nitrogen and oxygen atoms in total. The summed E-state index contributed by atoms with van der Waals surface area (Å²) in [4.78, 5) is 15.9. The number of aromatic hydroxyl groups is 1. The Kier molecular flexibility index (Phi) is 3.66. The SMILES string of the molecule is O=C(c1cnn2c(=S)[nH]c(-c3ccccc3)c2c1)c1ccccc1O. The molecule has 4 rings (SSSR count). The molecule has 4 aromatic rings. The van der Waals surface area contributed by atoms with Crippen LogP contribution in [0.2, 0.25) is 0 Å². The standard InChI is InChI=1S/C19H13N3O2S/c23-16-9-5-4-8-14(16)18(24)13-10-15-17(12-6-2-1-3-7-12)21-19(25)22(15)20-11-13/h1-11,23H,(H,21,25). The molecule has 0 bridgehead atoms. The van der Waals surface area contributed by atoms with E-state index in [4.69, 9.17) is 12.2 Å². The zero-order valence-corrected chi connectivity index (χ0v) is 13.8. The van der Waals surface area contributed by atoms with Gasteiger partial charge in [-0.2, -0.15) is 5.10 Å². The van der Waals surface area contributed by atoms with Gasteiger partial charge in [0.25, 0.3) is 0 Å². The smallest absolute Gasteiger partial charge is 0.199 e. The second-order valence-electron chi connectivity index (χ2n) is 5.56. The van der Waals surface area contributed by atoms with E-state index in [-0.39, 0.29) is 17.1 Å². The number of carbonyl (C=O) groups excluding carboxylic acids is 1. The lowest BCUT2D eigenvalue weighted by Crippen LogP contribution is -2.04. The number of ketones is 1. The van der Waals surface area contributed by atoms with Gasteiger partial charge in [0.2, 0.25) is 0 Å². The fourth-order valence-corrected chi connectivity index (χ4v) is 3.01. The highest BCUT2D eigenvalue weighted by molar-refractivity contribution is 7.71. The van der Waals surface area contributed by atoms with Crippen molar-refractivity contribution in [2.75, 3.05) is 0 Å². The van der Waals surface area contributed by atoms with Crippen molar-refractivity contribution in [3.8, 4) is 17.0 Å². The van der Waals surface area contributed by atoms with Crippen LogP contribution in [-0.4, -0.2) is 25.5 Å². The van der Waals surface area contributed by atoms with Crippen molar-refractivity contribution >= 4 is 23.5 Å². The first-order valence-corrected chi connectivity index (χ1v) is 8.05. The first-order valence-electron chi connectivity index (χ1n) is 7.64. The van der Waals surface area contributed by atoms with Crippen molar-refractivity contribution in [1.82, 2.24) is 14.6 Å². The highest BCUT2D eigenvalue weighted by Gasteiger charge is 2.16. The first kappa shape index (κ1) is 15.3. The topological polar surface area (TPSA) is 70.4 Å². The fraction of sp³-hybridized carbons (Fsp3) is 0. The van der Waals surface area contributed by atoms with Crippen LogP contribution in [0.4, 0.5) is 0 Å². The summed E-state index contributed by atoms with van der Waals surface area (Å²) in [5, 5.41) is 14.2. The minimum absolute atomic E-state index is 0.0541. The summed E-state index contributed by atoms with van der Waals surface area (Å²) in [7, 11) is 0. The van der Waals surface area contributed by atoms with E-state index in [1.165, 1.54) is 12.3 Å². The molecule has 0 amide bonds. The molecule has 0 aliphatic heterocycles. The number of aromatic nitrogens is 3. The van der Waals surface area contributed by atoms with Crippen molar-refractivity contribution in [3.05, 3.63) is 82.8 Å². The maximum absolute atomic E-state index is 12.7. The molecule has 0 fully saturated rings. The van der Waals surface area contributed by atoms with Gasteiger partial charge < -0.3 is 10.1 Å². The number of phenols is 1. The summed E-state index contributed by atoms with van der Waals surface area (Å²) in [5.41, 5.74) is 3.07. The van der Waals surface area contributed by atoms with Gasteiger partial charge in [0.05, 0.1) is 23.0 Å². The highest BCUT2D eigenvalue weighted by Crippen LogP contribution is 2.25. The molecular weight excluding hydrogens is 334 g/mol. The molecule has 0 aliphatic carbocycles. The summed E-state index contributed by atoms with van der Waals surface area (Å²) in [6.45, 7) is 0. The second kappa shape index (κ2) is 5.99. The number of fused-ring (bicyclic) bond motifs is 1. The Bertz CT molecular complexity index is 1150. The monoisotopic (exact) mass is 347 g/mol. The molecule has 0 unspecified atom stereocenters. The maximum Gasteiger partial charge on any atom is 0.199 e. The number of phenolic OH excluding ortho intramolecular Hbond substituents is 1. The Labute approximate surface area is 148 Å². The largest absolute Gasteiger partial charge is 0.507 e. The number of nitrogens with one attached hydrogen (secondary N) is 1. The summed E-state index contributed by atoms with van der Waals surface area (Å²) in [5.74, 6) is -0.346. The van der Waals surface area contributed by atoms with E-state index in [1.54, 1.807) is 28.8 Å². The van der Waals surface area contributed by atoms with Gasteiger partial charge in [0.1, 0.15) is 5.75 Å². The van der Waals surface area contributed by atoms with Crippen molar-refractivity contribution in [2.45, 2.75) is 0 Å². The Hall–Kier alpha value is -3.25. The van der Waals surface area contributed by atoms with Crippen LogP contribution < -0.4 is 0 Å². The van der Waals surface area contributed by atoms with Crippen LogP contribution in [0.25, 0.3) is 16.8 Å². The van der Waals surface area contributed by atoms with Crippen LogP contribution >= 0.6 is 12.2 Å². The third kappa shape index (κ3) is 2.62. The normalized spacial score (nSPS) is 10.9. The third-order valence-electron chi connectivity index (χ3n) is 3.99. The molecule has 0 aliphatic rings. The quantitative estimate of drug-likeness (QED) is 0.434. The average Bonchev–Trinajstić information content (AvgIpc) is 2.98. The van der Waals surface area contributed by atoms with Crippen LogP contribution in [0.5, 0.6) is 5.75 Å². The van der Waals surface area contributed by atoms with Gasteiger partial charge >= 0.3 is 0 Å². The Morgan fingerprint density at radius 3 is 2.56 bits per heavy atom. The summed E-state index contributed by atoms with van der Waals surface area (Å²) < 4.78 is 2.04. The third-order valence-corrected chi connectivity index (χ3v) is 4.26. The molecule has 2 heterocycles. The van der Waals surface area contributed by atoms with Crippen LogP contribution in [0.1, 0.15) is 15.9 Å². The minimum atomic E-state index is -0.292. The van der Waals surface area contributed by atoms with Crippen LogP contribution in [-0.2, 0) is 0 Å². The van der Waals surface area contributed by atoms with Crippen molar-refractivity contribution in [2.24, 2.45) is 0 Å². The summed E-state index contributed by atoms with van der Waals surface area (Å²) in [6.07, 6.45) is 1.46. The number of carbonyl (C=O) groups is 1. The van der Waals surface area contributed by atoms with Crippen LogP contribution in [0, 0.1) is 4.77 Å². The summed E-state index contributed by atoms with van der Waals surface area (Å²) in [6, 6.07) is 17.9. The lowest BCUT2D eigenvalue weighted by atomic mass is 10.0. The molecule has 0 spiro atoms.